The van der Waals surface area contributed by atoms with Gasteiger partial charge in [-0.15, -0.1) is 0 Å². The molecule has 0 fully saturated rings. The monoisotopic (exact) mass is 279 g/mol. The lowest BCUT2D eigenvalue weighted by atomic mass is 10.2. The number of nitrogens with zero attached hydrogens (tertiary/aromatic N) is 1. The minimum Gasteiger partial charge on any atom is -0.383 e. The first kappa shape index (κ1) is 16.6. The fourth-order valence-corrected chi connectivity index (χ4v) is 1.90. The summed E-state index contributed by atoms with van der Waals surface area (Å²) in [6.45, 7) is 5.01. The Bertz CT molecular complexity index is 420. The van der Waals surface area contributed by atoms with E-state index in [0.29, 0.717) is 13.2 Å². The van der Waals surface area contributed by atoms with Gasteiger partial charge in [-0.2, -0.15) is 0 Å². The Morgan fingerprint density at radius 1 is 1.35 bits per heavy atom. The number of likely N-dealkylation sites (N-methyl/N-ethyl adjacent to an activating group) is 1. The Balaban J connectivity index is 2.60. The maximum Gasteiger partial charge on any atom is 0.241 e. The summed E-state index contributed by atoms with van der Waals surface area (Å²) in [7, 11) is 3.58. The van der Waals surface area contributed by atoms with E-state index in [1.54, 1.807) is 7.11 Å². The molecule has 0 aliphatic carbocycles. The molecular weight excluding hydrogens is 254 g/mol. The highest BCUT2D eigenvalue weighted by molar-refractivity contribution is 5.94. The summed E-state index contributed by atoms with van der Waals surface area (Å²) in [5.74, 6) is -0.0315. The van der Waals surface area contributed by atoms with E-state index >= 15 is 0 Å². The number of benzene rings is 1. The Kier molecular flexibility index (Phi) is 6.64. The van der Waals surface area contributed by atoms with Crippen LogP contribution in [0.3, 0.4) is 0 Å². The zero-order valence-electron chi connectivity index (χ0n) is 12.7. The predicted molar refractivity (Wildman–Crippen MR) is 81.5 cm³/mol. The van der Waals surface area contributed by atoms with Crippen LogP contribution in [0.1, 0.15) is 19.4 Å². The Labute approximate surface area is 121 Å². The van der Waals surface area contributed by atoms with Gasteiger partial charge < -0.3 is 15.8 Å². The molecule has 5 heteroatoms. The molecule has 0 saturated heterocycles. The lowest BCUT2D eigenvalue weighted by molar-refractivity contribution is -0.121. The normalized spacial score (nSPS) is 14.1. The van der Waals surface area contributed by atoms with Crippen molar-refractivity contribution in [3.8, 4) is 0 Å². The van der Waals surface area contributed by atoms with Gasteiger partial charge in [-0.25, -0.2) is 0 Å². The summed E-state index contributed by atoms with van der Waals surface area (Å²) in [6, 6.07) is 7.51. The summed E-state index contributed by atoms with van der Waals surface area (Å²) < 4.78 is 5.11. The number of rotatable bonds is 7. The molecule has 0 heterocycles. The lowest BCUT2D eigenvalue weighted by Crippen LogP contribution is -2.45. The van der Waals surface area contributed by atoms with E-state index in [-0.39, 0.29) is 18.0 Å². The van der Waals surface area contributed by atoms with Crippen LogP contribution in [0.15, 0.2) is 24.3 Å². The Morgan fingerprint density at radius 2 is 1.95 bits per heavy atom. The van der Waals surface area contributed by atoms with Crippen LogP contribution in [0.2, 0.25) is 0 Å². The van der Waals surface area contributed by atoms with Crippen LogP contribution in [0, 0.1) is 0 Å². The number of nitrogens with one attached hydrogen (secondary N) is 1. The maximum absolute atomic E-state index is 12.2. The highest BCUT2D eigenvalue weighted by atomic mass is 16.5. The van der Waals surface area contributed by atoms with Gasteiger partial charge in [0.1, 0.15) is 0 Å². The second-order valence-electron chi connectivity index (χ2n) is 5.04. The van der Waals surface area contributed by atoms with Crippen molar-refractivity contribution in [2.45, 2.75) is 32.5 Å². The fourth-order valence-electron chi connectivity index (χ4n) is 1.90. The third-order valence-electron chi connectivity index (χ3n) is 3.55. The Morgan fingerprint density at radius 3 is 2.45 bits per heavy atom. The number of nitrogens with two attached hydrogens (primary N) is 1. The quantitative estimate of drug-likeness (QED) is 0.792. The van der Waals surface area contributed by atoms with Crippen molar-refractivity contribution in [3.05, 3.63) is 29.8 Å². The molecule has 0 bridgehead atoms. The number of amides is 1. The molecule has 0 aliphatic heterocycles. The largest absolute Gasteiger partial charge is 0.383 e. The van der Waals surface area contributed by atoms with E-state index in [1.165, 1.54) is 0 Å². The van der Waals surface area contributed by atoms with E-state index in [9.17, 15) is 4.79 Å². The second-order valence-corrected chi connectivity index (χ2v) is 5.04. The molecule has 3 N–H and O–H groups in total. The lowest BCUT2D eigenvalue weighted by Gasteiger charge is -2.29. The number of hydrogen-bond acceptors (Lipinski definition) is 4. The van der Waals surface area contributed by atoms with Crippen LogP contribution in [0.25, 0.3) is 0 Å². The van der Waals surface area contributed by atoms with Crippen LogP contribution < -0.4 is 11.1 Å². The number of ether oxygens (including phenoxy) is 1. The van der Waals surface area contributed by atoms with Gasteiger partial charge in [-0.3, -0.25) is 9.69 Å². The molecule has 0 aromatic heterocycles. The van der Waals surface area contributed by atoms with Crippen LogP contribution in [-0.2, 0) is 16.1 Å². The van der Waals surface area contributed by atoms with Crippen molar-refractivity contribution in [1.29, 1.82) is 0 Å². The molecule has 112 valence electrons. The summed E-state index contributed by atoms with van der Waals surface area (Å²) in [5.41, 5.74) is 7.37. The van der Waals surface area contributed by atoms with Crippen molar-refractivity contribution in [1.82, 2.24) is 4.90 Å². The molecule has 2 atom stereocenters. The van der Waals surface area contributed by atoms with Crippen molar-refractivity contribution in [2.75, 3.05) is 26.1 Å². The van der Waals surface area contributed by atoms with E-state index < -0.39 is 0 Å². The zero-order chi connectivity index (χ0) is 15.1. The van der Waals surface area contributed by atoms with Gasteiger partial charge in [0.2, 0.25) is 5.91 Å². The maximum atomic E-state index is 12.2. The van der Waals surface area contributed by atoms with E-state index in [0.717, 1.165) is 11.3 Å². The van der Waals surface area contributed by atoms with Crippen LogP contribution >= 0.6 is 0 Å². The van der Waals surface area contributed by atoms with Crippen LogP contribution in [0.5, 0.6) is 0 Å². The van der Waals surface area contributed by atoms with Gasteiger partial charge in [0, 0.05) is 25.4 Å². The van der Waals surface area contributed by atoms with Crippen molar-refractivity contribution in [2.24, 2.45) is 5.73 Å². The van der Waals surface area contributed by atoms with E-state index in [2.05, 4.69) is 5.32 Å². The van der Waals surface area contributed by atoms with Gasteiger partial charge in [-0.1, -0.05) is 12.1 Å². The smallest absolute Gasteiger partial charge is 0.241 e. The summed E-state index contributed by atoms with van der Waals surface area (Å²) in [6.07, 6.45) is 0. The topological polar surface area (TPSA) is 67.6 Å². The number of carbonyl (C=O) groups is 1. The summed E-state index contributed by atoms with van der Waals surface area (Å²) >= 11 is 0. The molecule has 1 aromatic carbocycles. The van der Waals surface area contributed by atoms with Gasteiger partial charge in [0.25, 0.3) is 0 Å². The zero-order valence-corrected chi connectivity index (χ0v) is 12.7. The van der Waals surface area contributed by atoms with Crippen molar-refractivity contribution in [3.63, 3.8) is 0 Å². The standard InChI is InChI=1S/C15H25N3O2/c1-11(10-20-4)18(3)12(2)15(19)17-14-7-5-13(9-16)6-8-14/h5-8,11-12H,9-10,16H2,1-4H3,(H,17,19). The number of anilines is 1. The van der Waals surface area contributed by atoms with Gasteiger partial charge in [-0.05, 0) is 38.6 Å². The molecular formula is C15H25N3O2. The number of methoxy groups -OCH3 is 1. The highest BCUT2D eigenvalue weighted by Gasteiger charge is 2.22. The average molecular weight is 279 g/mol. The third kappa shape index (κ3) is 4.59. The molecule has 2 unspecified atom stereocenters. The molecule has 1 rings (SSSR count). The predicted octanol–water partition coefficient (Wildman–Crippen LogP) is 1.44. The summed E-state index contributed by atoms with van der Waals surface area (Å²) in [5, 5.41) is 2.91. The third-order valence-corrected chi connectivity index (χ3v) is 3.55. The highest BCUT2D eigenvalue weighted by Crippen LogP contribution is 2.11. The Hall–Kier alpha value is -1.43. The average Bonchev–Trinajstić information content (AvgIpc) is 2.46. The molecule has 20 heavy (non-hydrogen) atoms. The molecule has 1 amide bonds. The molecule has 5 nitrogen and oxygen atoms in total. The van der Waals surface area contributed by atoms with Gasteiger partial charge >= 0.3 is 0 Å². The van der Waals surface area contributed by atoms with E-state index in [4.69, 9.17) is 10.5 Å². The molecule has 0 saturated carbocycles. The molecule has 0 spiro atoms. The van der Waals surface area contributed by atoms with Crippen LogP contribution in [0.4, 0.5) is 5.69 Å². The minimum atomic E-state index is -0.227. The SMILES string of the molecule is COCC(C)N(C)C(C)C(=O)Nc1ccc(CN)cc1. The van der Waals surface area contributed by atoms with Gasteiger partial charge in [0.15, 0.2) is 0 Å². The van der Waals surface area contributed by atoms with Crippen LogP contribution in [-0.4, -0.2) is 43.7 Å². The molecule has 0 radical (unpaired) electrons. The second kappa shape index (κ2) is 7.99. The summed E-state index contributed by atoms with van der Waals surface area (Å²) in [4.78, 5) is 14.2. The molecule has 1 aromatic rings. The first-order valence-corrected chi connectivity index (χ1v) is 6.80. The van der Waals surface area contributed by atoms with E-state index in [1.807, 2.05) is 50.1 Å². The first-order valence-electron chi connectivity index (χ1n) is 6.80. The molecule has 0 aliphatic rings. The van der Waals surface area contributed by atoms with Crippen molar-refractivity contribution < 1.29 is 9.53 Å². The number of hydrogen-bond donors (Lipinski definition) is 2. The van der Waals surface area contributed by atoms with Crippen molar-refractivity contribution >= 4 is 11.6 Å². The fraction of sp³-hybridized carbons (Fsp3) is 0.533. The first-order chi connectivity index (χ1) is 9.49. The van der Waals surface area contributed by atoms with Gasteiger partial charge in [0.05, 0.1) is 12.6 Å². The minimum absolute atomic E-state index is 0.0315. The number of carbonyl (C=O) groups excluding carboxylic acids is 1.